The summed E-state index contributed by atoms with van der Waals surface area (Å²) >= 11 is 0. The lowest BCUT2D eigenvalue weighted by Gasteiger charge is -2.44. The van der Waals surface area contributed by atoms with Crippen LogP contribution in [-0.2, 0) is 9.59 Å². The topological polar surface area (TPSA) is 40.6 Å². The zero-order chi connectivity index (χ0) is 15.0. The van der Waals surface area contributed by atoms with E-state index >= 15 is 0 Å². The molecule has 3 aliphatic rings. The third-order valence-corrected chi connectivity index (χ3v) is 5.87. The van der Waals surface area contributed by atoms with Crippen molar-refractivity contribution in [2.24, 2.45) is 11.8 Å². The van der Waals surface area contributed by atoms with E-state index in [9.17, 15) is 9.59 Å². The van der Waals surface area contributed by atoms with Gasteiger partial charge >= 0.3 is 0 Å². The fourth-order valence-corrected chi connectivity index (χ4v) is 4.49. The van der Waals surface area contributed by atoms with Crippen molar-refractivity contribution in [1.82, 2.24) is 9.80 Å². The monoisotopic (exact) mass is 292 g/mol. The number of amides is 2. The van der Waals surface area contributed by atoms with Crippen LogP contribution in [0.5, 0.6) is 0 Å². The average molecular weight is 292 g/mol. The maximum Gasteiger partial charge on any atom is 0.246 e. The van der Waals surface area contributed by atoms with Crippen LogP contribution in [0.15, 0.2) is 0 Å². The molecule has 0 bridgehead atoms. The highest BCUT2D eigenvalue weighted by molar-refractivity contribution is 5.97. The molecule has 2 amide bonds. The first-order valence-corrected chi connectivity index (χ1v) is 8.74. The summed E-state index contributed by atoms with van der Waals surface area (Å²) in [5.74, 6) is 1.68. The summed E-state index contributed by atoms with van der Waals surface area (Å²) in [6.07, 6.45) is 7.66. The van der Waals surface area contributed by atoms with Crippen LogP contribution in [0.2, 0.25) is 0 Å². The Morgan fingerprint density at radius 1 is 1.05 bits per heavy atom. The number of carbonyl (C=O) groups is 2. The molecule has 118 valence electrons. The second kappa shape index (κ2) is 5.98. The Labute approximate surface area is 127 Å². The molecule has 4 unspecified atom stereocenters. The van der Waals surface area contributed by atoms with E-state index in [-0.39, 0.29) is 23.9 Å². The molecule has 1 saturated carbocycles. The van der Waals surface area contributed by atoms with Gasteiger partial charge in [0.25, 0.3) is 0 Å². The van der Waals surface area contributed by atoms with Gasteiger partial charge in [0.15, 0.2) is 0 Å². The lowest BCUT2D eigenvalue weighted by Crippen LogP contribution is -2.63. The molecule has 3 rings (SSSR count). The molecule has 0 aromatic heterocycles. The van der Waals surface area contributed by atoms with Gasteiger partial charge in [0.05, 0.1) is 0 Å². The maximum absolute atomic E-state index is 12.8. The molecule has 0 N–H and O–H groups in total. The van der Waals surface area contributed by atoms with E-state index in [1.54, 1.807) is 0 Å². The summed E-state index contributed by atoms with van der Waals surface area (Å²) in [6.45, 7) is 5.92. The largest absolute Gasteiger partial charge is 0.329 e. The Hall–Kier alpha value is -1.06. The molecule has 2 aliphatic heterocycles. The van der Waals surface area contributed by atoms with E-state index in [1.165, 1.54) is 25.7 Å². The van der Waals surface area contributed by atoms with Crippen LogP contribution in [-0.4, -0.2) is 46.8 Å². The molecule has 4 heteroatoms. The van der Waals surface area contributed by atoms with Crippen LogP contribution in [0.4, 0.5) is 0 Å². The fraction of sp³-hybridized carbons (Fsp3) is 0.882. The summed E-state index contributed by atoms with van der Waals surface area (Å²) in [5.41, 5.74) is 0. The minimum atomic E-state index is -0.207. The molecule has 4 nitrogen and oxygen atoms in total. The number of rotatable bonds is 3. The zero-order valence-corrected chi connectivity index (χ0v) is 13.4. The van der Waals surface area contributed by atoms with Gasteiger partial charge in [-0.05, 0) is 37.5 Å². The summed E-state index contributed by atoms with van der Waals surface area (Å²) in [4.78, 5) is 29.3. The highest BCUT2D eigenvalue weighted by atomic mass is 16.2. The van der Waals surface area contributed by atoms with Crippen molar-refractivity contribution in [1.29, 1.82) is 0 Å². The van der Waals surface area contributed by atoms with Crippen LogP contribution in [0.3, 0.4) is 0 Å². The van der Waals surface area contributed by atoms with Crippen LogP contribution in [0, 0.1) is 11.8 Å². The Bertz CT molecular complexity index is 423. The molecule has 0 aromatic rings. The van der Waals surface area contributed by atoms with Crippen molar-refractivity contribution >= 4 is 11.8 Å². The Morgan fingerprint density at radius 3 is 2.52 bits per heavy atom. The normalized spacial score (nSPS) is 37.0. The number of carbonyl (C=O) groups excluding carboxylic acids is 2. The highest BCUT2D eigenvalue weighted by Crippen LogP contribution is 2.34. The Balaban J connectivity index is 1.77. The molecule has 4 atom stereocenters. The molecular formula is C17H28N2O2. The minimum absolute atomic E-state index is 0.154. The molecule has 2 heterocycles. The first-order valence-electron chi connectivity index (χ1n) is 8.74. The van der Waals surface area contributed by atoms with Crippen molar-refractivity contribution in [2.75, 3.05) is 13.1 Å². The van der Waals surface area contributed by atoms with Crippen LogP contribution in [0.1, 0.15) is 58.8 Å². The molecule has 0 spiro atoms. The van der Waals surface area contributed by atoms with Gasteiger partial charge in [-0.3, -0.25) is 9.59 Å². The molecule has 3 fully saturated rings. The van der Waals surface area contributed by atoms with Crippen LogP contribution < -0.4 is 0 Å². The third-order valence-electron chi connectivity index (χ3n) is 5.87. The highest BCUT2D eigenvalue weighted by Gasteiger charge is 2.47. The standard InChI is InChI=1S/C17H28N2O2/c1-3-14-16(20)18-10-6-9-15(18)17(21)19(14)11-13-8-5-4-7-12(13)2/h12-15H,3-11H2,1-2H3. The summed E-state index contributed by atoms with van der Waals surface area (Å²) in [6, 6.07) is -0.361. The van der Waals surface area contributed by atoms with Gasteiger partial charge in [0.2, 0.25) is 11.8 Å². The number of nitrogens with zero attached hydrogens (tertiary/aromatic N) is 2. The molecule has 0 radical (unpaired) electrons. The molecular weight excluding hydrogens is 264 g/mol. The average Bonchev–Trinajstić information content (AvgIpc) is 2.97. The second-order valence-corrected chi connectivity index (χ2v) is 7.13. The Kier molecular flexibility index (Phi) is 4.23. The lowest BCUT2D eigenvalue weighted by molar-refractivity contribution is -0.160. The third kappa shape index (κ3) is 2.58. The SMILES string of the molecule is CCC1C(=O)N2CCCC2C(=O)N1CC1CCCCC1C. The fourth-order valence-electron chi connectivity index (χ4n) is 4.49. The van der Waals surface area contributed by atoms with Gasteiger partial charge in [-0.15, -0.1) is 0 Å². The number of hydrogen-bond donors (Lipinski definition) is 0. The molecule has 1 aliphatic carbocycles. The van der Waals surface area contributed by atoms with E-state index in [2.05, 4.69) is 6.92 Å². The number of hydrogen-bond acceptors (Lipinski definition) is 2. The Morgan fingerprint density at radius 2 is 1.81 bits per heavy atom. The number of piperazine rings is 1. The van der Waals surface area contributed by atoms with Crippen LogP contribution >= 0.6 is 0 Å². The summed E-state index contributed by atoms with van der Waals surface area (Å²) in [7, 11) is 0. The first kappa shape index (κ1) is 14.9. The summed E-state index contributed by atoms with van der Waals surface area (Å²) < 4.78 is 0. The second-order valence-electron chi connectivity index (χ2n) is 7.13. The van der Waals surface area contributed by atoms with E-state index in [0.717, 1.165) is 32.4 Å². The van der Waals surface area contributed by atoms with E-state index in [1.807, 2.05) is 16.7 Å². The van der Waals surface area contributed by atoms with Crippen molar-refractivity contribution in [3.8, 4) is 0 Å². The van der Waals surface area contributed by atoms with Gasteiger partial charge < -0.3 is 9.80 Å². The molecule has 2 saturated heterocycles. The maximum atomic E-state index is 12.8. The quantitative estimate of drug-likeness (QED) is 0.801. The van der Waals surface area contributed by atoms with Crippen LogP contribution in [0.25, 0.3) is 0 Å². The van der Waals surface area contributed by atoms with Gasteiger partial charge in [0.1, 0.15) is 12.1 Å². The van der Waals surface area contributed by atoms with Crippen molar-refractivity contribution in [3.05, 3.63) is 0 Å². The predicted molar refractivity (Wildman–Crippen MR) is 81.6 cm³/mol. The molecule has 21 heavy (non-hydrogen) atoms. The van der Waals surface area contributed by atoms with Gasteiger partial charge in [-0.25, -0.2) is 0 Å². The van der Waals surface area contributed by atoms with Gasteiger partial charge in [0, 0.05) is 13.1 Å². The predicted octanol–water partition coefficient (Wildman–Crippen LogP) is 2.42. The number of fused-ring (bicyclic) bond motifs is 1. The smallest absolute Gasteiger partial charge is 0.246 e. The lowest BCUT2D eigenvalue weighted by atomic mass is 9.79. The first-order chi connectivity index (χ1) is 10.1. The zero-order valence-electron chi connectivity index (χ0n) is 13.4. The molecule has 0 aromatic carbocycles. The summed E-state index contributed by atoms with van der Waals surface area (Å²) in [5, 5.41) is 0. The van der Waals surface area contributed by atoms with Crippen molar-refractivity contribution in [2.45, 2.75) is 70.9 Å². The van der Waals surface area contributed by atoms with E-state index in [0.29, 0.717) is 11.8 Å². The van der Waals surface area contributed by atoms with Crippen molar-refractivity contribution in [3.63, 3.8) is 0 Å². The minimum Gasteiger partial charge on any atom is -0.329 e. The van der Waals surface area contributed by atoms with Gasteiger partial charge in [-0.1, -0.05) is 33.1 Å². The van der Waals surface area contributed by atoms with E-state index < -0.39 is 0 Å². The van der Waals surface area contributed by atoms with Gasteiger partial charge in [-0.2, -0.15) is 0 Å². The van der Waals surface area contributed by atoms with Crippen molar-refractivity contribution < 1.29 is 9.59 Å². The van der Waals surface area contributed by atoms with E-state index in [4.69, 9.17) is 0 Å².